The van der Waals surface area contributed by atoms with Crippen LogP contribution in [-0.4, -0.2) is 42.2 Å². The number of amides is 1. The summed E-state index contributed by atoms with van der Waals surface area (Å²) < 4.78 is 13.0. The van der Waals surface area contributed by atoms with E-state index in [1.54, 1.807) is 6.08 Å². The molecule has 3 N–H and O–H groups in total. The lowest BCUT2D eigenvalue weighted by Gasteiger charge is -2.29. The Labute approximate surface area is 231 Å². The van der Waals surface area contributed by atoms with E-state index < -0.39 is 11.6 Å². The summed E-state index contributed by atoms with van der Waals surface area (Å²) in [6, 6.07) is 25.1. The highest BCUT2D eigenvalue weighted by Crippen LogP contribution is 2.42. The van der Waals surface area contributed by atoms with Crippen molar-refractivity contribution in [2.75, 3.05) is 19.8 Å². The van der Waals surface area contributed by atoms with Gasteiger partial charge in [0.15, 0.2) is 11.6 Å². The Morgan fingerprint density at radius 2 is 1.84 bits per heavy atom. The second-order valence-electron chi connectivity index (χ2n) is 8.95. The Morgan fingerprint density at radius 1 is 1.11 bits per heavy atom. The van der Waals surface area contributed by atoms with Gasteiger partial charge in [0.05, 0.1) is 6.61 Å². The summed E-state index contributed by atoms with van der Waals surface area (Å²) in [4.78, 5) is 18.6. The van der Waals surface area contributed by atoms with Gasteiger partial charge in [-0.3, -0.25) is 10.2 Å². The molecule has 1 aliphatic rings. The van der Waals surface area contributed by atoms with Crippen LogP contribution in [0, 0.1) is 0 Å². The summed E-state index contributed by atoms with van der Waals surface area (Å²) in [6.45, 7) is 4.97. The van der Waals surface area contributed by atoms with E-state index in [1.165, 1.54) is 0 Å². The Hall–Kier alpha value is -3.46. The van der Waals surface area contributed by atoms with E-state index in [2.05, 4.69) is 33.4 Å². The fourth-order valence-corrected chi connectivity index (χ4v) is 4.54. The zero-order chi connectivity index (χ0) is 26.8. The first-order chi connectivity index (χ1) is 18.6. The fourth-order valence-electron chi connectivity index (χ4n) is 4.27. The largest absolute Gasteiger partial charge is 0.494 e. The SMILES string of the molecule is C=CC[C@]1(C(=O)NNCCc2ccc(Br)cc2)N=C(c2ccc(OCCCO)cc2)O[C@H]1c1ccccc1. The number of ether oxygens (including phenoxy) is 2. The third-order valence-electron chi connectivity index (χ3n) is 6.24. The summed E-state index contributed by atoms with van der Waals surface area (Å²) in [5, 5.41) is 8.96. The standard InChI is InChI=1S/C30H32BrN3O4/c1-2-18-30(29(36)34-32-19-17-22-9-13-25(31)14-10-22)27(23-7-4-3-5-8-23)38-28(33-30)24-11-15-26(16-12-24)37-21-6-20-35/h2-5,7-16,27,32,35H,1,6,17-21H2,(H,34,36)/t27-,30-/m0/s1. The first-order valence-electron chi connectivity index (χ1n) is 12.6. The highest BCUT2D eigenvalue weighted by Gasteiger charge is 2.52. The number of nitrogens with one attached hydrogen (secondary N) is 2. The highest BCUT2D eigenvalue weighted by atomic mass is 79.9. The number of carbonyl (C=O) groups excluding carboxylic acids is 1. The predicted octanol–water partition coefficient (Wildman–Crippen LogP) is 4.91. The molecule has 7 nitrogen and oxygen atoms in total. The quantitative estimate of drug-likeness (QED) is 0.152. The summed E-state index contributed by atoms with van der Waals surface area (Å²) in [5.74, 6) is 0.777. The molecule has 0 aliphatic carbocycles. The van der Waals surface area contributed by atoms with E-state index in [-0.39, 0.29) is 12.5 Å². The van der Waals surface area contributed by atoms with Gasteiger partial charge in [0.2, 0.25) is 5.90 Å². The van der Waals surface area contributed by atoms with Crippen LogP contribution < -0.4 is 15.6 Å². The van der Waals surface area contributed by atoms with E-state index in [9.17, 15) is 4.79 Å². The van der Waals surface area contributed by atoms with Gasteiger partial charge in [0, 0.05) is 36.0 Å². The number of aliphatic hydroxyl groups excluding tert-OH is 1. The number of nitrogens with zero attached hydrogens (tertiary/aromatic N) is 1. The van der Waals surface area contributed by atoms with Crippen molar-refractivity contribution in [3.63, 3.8) is 0 Å². The third kappa shape index (κ3) is 6.69. The average molecular weight is 579 g/mol. The van der Waals surface area contributed by atoms with Gasteiger partial charge in [-0.1, -0.05) is 64.5 Å². The third-order valence-corrected chi connectivity index (χ3v) is 6.77. The van der Waals surface area contributed by atoms with Crippen molar-refractivity contribution in [1.29, 1.82) is 0 Å². The van der Waals surface area contributed by atoms with Gasteiger partial charge in [0.25, 0.3) is 5.91 Å². The number of aliphatic imine (C=N–C) groups is 1. The van der Waals surface area contributed by atoms with Crippen LogP contribution in [0.1, 0.15) is 35.6 Å². The van der Waals surface area contributed by atoms with Crippen molar-refractivity contribution in [1.82, 2.24) is 10.9 Å². The molecular weight excluding hydrogens is 546 g/mol. The molecule has 2 atom stereocenters. The summed E-state index contributed by atoms with van der Waals surface area (Å²) in [7, 11) is 0. The molecule has 0 radical (unpaired) electrons. The molecule has 0 aromatic heterocycles. The zero-order valence-electron chi connectivity index (χ0n) is 21.1. The number of hydrogen-bond acceptors (Lipinski definition) is 6. The molecule has 0 saturated heterocycles. The first kappa shape index (κ1) is 27.6. The van der Waals surface area contributed by atoms with Crippen molar-refractivity contribution >= 4 is 27.7 Å². The van der Waals surface area contributed by atoms with Crippen LogP contribution in [0.3, 0.4) is 0 Å². The van der Waals surface area contributed by atoms with E-state index in [1.807, 2.05) is 78.9 Å². The Balaban J connectivity index is 1.54. The molecule has 0 saturated carbocycles. The molecule has 0 fully saturated rings. The number of benzene rings is 3. The molecule has 38 heavy (non-hydrogen) atoms. The lowest BCUT2D eigenvalue weighted by Crippen LogP contribution is -2.52. The highest BCUT2D eigenvalue weighted by molar-refractivity contribution is 9.10. The van der Waals surface area contributed by atoms with Crippen LogP contribution in [0.5, 0.6) is 5.75 Å². The van der Waals surface area contributed by atoms with Gasteiger partial charge in [-0.15, -0.1) is 6.58 Å². The Morgan fingerprint density at radius 3 is 2.53 bits per heavy atom. The zero-order valence-corrected chi connectivity index (χ0v) is 22.7. The molecule has 198 valence electrons. The van der Waals surface area contributed by atoms with Gasteiger partial charge < -0.3 is 14.6 Å². The minimum Gasteiger partial charge on any atom is -0.494 e. The molecule has 1 aliphatic heterocycles. The molecule has 0 unspecified atom stereocenters. The number of carbonyl (C=O) groups is 1. The van der Waals surface area contributed by atoms with Crippen LogP contribution in [0.15, 0.2) is 101 Å². The summed E-state index contributed by atoms with van der Waals surface area (Å²) in [5.41, 5.74) is 7.44. The second kappa shape index (κ2) is 13.4. The van der Waals surface area contributed by atoms with Crippen molar-refractivity contribution in [2.45, 2.75) is 30.9 Å². The normalized spacial score (nSPS) is 18.4. The van der Waals surface area contributed by atoms with E-state index in [0.29, 0.717) is 37.6 Å². The van der Waals surface area contributed by atoms with Crippen LogP contribution >= 0.6 is 15.9 Å². The lowest BCUT2D eigenvalue weighted by atomic mass is 9.84. The lowest BCUT2D eigenvalue weighted by molar-refractivity contribution is -0.129. The average Bonchev–Trinajstić information content (AvgIpc) is 3.34. The molecule has 0 spiro atoms. The van der Waals surface area contributed by atoms with Crippen molar-refractivity contribution in [2.24, 2.45) is 4.99 Å². The maximum atomic E-state index is 13.7. The first-order valence-corrected chi connectivity index (χ1v) is 13.4. The van der Waals surface area contributed by atoms with Gasteiger partial charge >= 0.3 is 0 Å². The van der Waals surface area contributed by atoms with Gasteiger partial charge in [-0.2, -0.15) is 0 Å². The van der Waals surface area contributed by atoms with Gasteiger partial charge in [-0.25, -0.2) is 10.4 Å². The molecule has 3 aromatic rings. The van der Waals surface area contributed by atoms with E-state index >= 15 is 0 Å². The predicted molar refractivity (Wildman–Crippen MR) is 152 cm³/mol. The van der Waals surface area contributed by atoms with Crippen LogP contribution in [0.4, 0.5) is 0 Å². The van der Waals surface area contributed by atoms with Crippen molar-refractivity contribution in [3.05, 3.63) is 113 Å². The number of halogens is 1. The van der Waals surface area contributed by atoms with Gasteiger partial charge in [0.1, 0.15) is 5.75 Å². The molecule has 4 rings (SSSR count). The van der Waals surface area contributed by atoms with E-state index in [4.69, 9.17) is 19.6 Å². The Kier molecular flexibility index (Phi) is 9.70. The van der Waals surface area contributed by atoms with Crippen LogP contribution in [-0.2, 0) is 16.0 Å². The number of hydrogen-bond donors (Lipinski definition) is 3. The van der Waals surface area contributed by atoms with Crippen LogP contribution in [0.25, 0.3) is 0 Å². The van der Waals surface area contributed by atoms with Gasteiger partial charge in [-0.05, 0) is 53.9 Å². The number of hydrazine groups is 1. The van der Waals surface area contributed by atoms with E-state index in [0.717, 1.165) is 27.6 Å². The molecule has 1 amide bonds. The number of rotatable bonds is 13. The number of aliphatic hydroxyl groups is 1. The topological polar surface area (TPSA) is 92.2 Å². The minimum atomic E-state index is -1.24. The fraction of sp³-hybridized carbons (Fsp3) is 0.267. The van der Waals surface area contributed by atoms with Crippen LogP contribution in [0.2, 0.25) is 0 Å². The molecule has 1 heterocycles. The monoisotopic (exact) mass is 577 g/mol. The maximum Gasteiger partial charge on any atom is 0.266 e. The molecule has 0 bridgehead atoms. The summed E-state index contributed by atoms with van der Waals surface area (Å²) >= 11 is 3.45. The second-order valence-corrected chi connectivity index (χ2v) is 9.87. The summed E-state index contributed by atoms with van der Waals surface area (Å²) in [6.07, 6.45) is 2.67. The van der Waals surface area contributed by atoms with Crippen molar-refractivity contribution in [3.8, 4) is 5.75 Å². The molecular formula is C30H32BrN3O4. The smallest absolute Gasteiger partial charge is 0.266 e. The Bertz CT molecular complexity index is 1230. The maximum absolute atomic E-state index is 13.7. The minimum absolute atomic E-state index is 0.0795. The molecule has 3 aromatic carbocycles. The van der Waals surface area contributed by atoms with Crippen molar-refractivity contribution < 1.29 is 19.4 Å². The molecule has 8 heteroatoms.